The van der Waals surface area contributed by atoms with Crippen LogP contribution in [0.1, 0.15) is 31.4 Å². The van der Waals surface area contributed by atoms with E-state index in [0.717, 1.165) is 12.8 Å². The van der Waals surface area contributed by atoms with E-state index in [0.29, 0.717) is 12.2 Å². The van der Waals surface area contributed by atoms with Gasteiger partial charge >= 0.3 is 5.97 Å². The third-order valence-corrected chi connectivity index (χ3v) is 2.87. The van der Waals surface area contributed by atoms with Gasteiger partial charge in [0.2, 0.25) is 0 Å². The molecule has 0 aromatic heterocycles. The average molecular weight is 272 g/mol. The number of phenolic OH excluding ortho intramolecular Hbond substituents is 1. The molecular formula is C13H18ClNO3. The summed E-state index contributed by atoms with van der Waals surface area (Å²) in [6.07, 6.45) is 1.82. The highest BCUT2D eigenvalue weighted by atomic mass is 35.5. The molecule has 100 valence electrons. The van der Waals surface area contributed by atoms with Crippen LogP contribution in [-0.4, -0.2) is 24.7 Å². The van der Waals surface area contributed by atoms with Gasteiger partial charge in [-0.15, -0.1) is 0 Å². The van der Waals surface area contributed by atoms with Crippen LogP contribution in [0.25, 0.3) is 0 Å². The van der Waals surface area contributed by atoms with E-state index in [2.05, 4.69) is 5.32 Å². The van der Waals surface area contributed by atoms with Crippen molar-refractivity contribution >= 4 is 17.6 Å². The van der Waals surface area contributed by atoms with E-state index in [4.69, 9.17) is 16.3 Å². The molecule has 1 atom stereocenters. The van der Waals surface area contributed by atoms with Crippen LogP contribution in [-0.2, 0) is 9.53 Å². The summed E-state index contributed by atoms with van der Waals surface area (Å²) in [6.45, 7) is 2.45. The first kappa shape index (κ1) is 14.8. The number of hydrogen-bond acceptors (Lipinski definition) is 4. The molecule has 0 heterocycles. The van der Waals surface area contributed by atoms with Crippen molar-refractivity contribution in [3.63, 3.8) is 0 Å². The van der Waals surface area contributed by atoms with E-state index in [9.17, 15) is 9.90 Å². The zero-order valence-electron chi connectivity index (χ0n) is 10.6. The van der Waals surface area contributed by atoms with Gasteiger partial charge in [0.05, 0.1) is 11.6 Å². The van der Waals surface area contributed by atoms with E-state index in [1.807, 2.05) is 6.92 Å². The molecule has 1 aromatic rings. The predicted octanol–water partition coefficient (Wildman–Crippen LogP) is 2.65. The van der Waals surface area contributed by atoms with Crippen LogP contribution in [0.2, 0.25) is 5.02 Å². The molecule has 18 heavy (non-hydrogen) atoms. The highest BCUT2D eigenvalue weighted by Gasteiger charge is 2.20. The zero-order chi connectivity index (χ0) is 13.5. The van der Waals surface area contributed by atoms with E-state index in [1.54, 1.807) is 19.2 Å². The predicted molar refractivity (Wildman–Crippen MR) is 70.8 cm³/mol. The maximum atomic E-state index is 11.9. The minimum Gasteiger partial charge on any atom is -0.506 e. The van der Waals surface area contributed by atoms with E-state index < -0.39 is 6.04 Å². The van der Waals surface area contributed by atoms with Crippen molar-refractivity contribution < 1.29 is 14.6 Å². The monoisotopic (exact) mass is 271 g/mol. The van der Waals surface area contributed by atoms with Crippen molar-refractivity contribution in [3.05, 3.63) is 28.8 Å². The van der Waals surface area contributed by atoms with E-state index in [-0.39, 0.29) is 16.7 Å². The van der Waals surface area contributed by atoms with E-state index >= 15 is 0 Å². The van der Waals surface area contributed by atoms with Crippen molar-refractivity contribution in [2.45, 2.75) is 25.8 Å². The summed E-state index contributed by atoms with van der Waals surface area (Å²) in [4.78, 5) is 11.9. The van der Waals surface area contributed by atoms with Gasteiger partial charge in [-0.1, -0.05) is 31.0 Å². The largest absolute Gasteiger partial charge is 0.506 e. The smallest absolute Gasteiger partial charge is 0.327 e. The number of rotatable bonds is 6. The number of carbonyl (C=O) groups is 1. The van der Waals surface area contributed by atoms with Crippen LogP contribution in [0.4, 0.5) is 0 Å². The minimum absolute atomic E-state index is 0.00498. The second kappa shape index (κ2) is 7.24. The molecule has 0 bridgehead atoms. The molecule has 0 aliphatic carbocycles. The second-order valence-electron chi connectivity index (χ2n) is 3.95. The number of ether oxygens (including phenoxy) is 1. The number of esters is 1. The zero-order valence-corrected chi connectivity index (χ0v) is 11.3. The quantitative estimate of drug-likeness (QED) is 0.617. The maximum Gasteiger partial charge on any atom is 0.327 e. The Bertz CT molecular complexity index is 409. The van der Waals surface area contributed by atoms with Crippen LogP contribution >= 0.6 is 11.6 Å². The van der Waals surface area contributed by atoms with Gasteiger partial charge in [-0.05, 0) is 31.2 Å². The van der Waals surface area contributed by atoms with Gasteiger partial charge in [0.25, 0.3) is 0 Å². The summed E-state index contributed by atoms with van der Waals surface area (Å²) >= 11 is 5.82. The summed E-state index contributed by atoms with van der Waals surface area (Å²) in [5.74, 6) is -0.345. The van der Waals surface area contributed by atoms with Gasteiger partial charge in [0.1, 0.15) is 11.8 Å². The summed E-state index contributed by atoms with van der Waals surface area (Å²) in [5.41, 5.74) is 0.668. The van der Waals surface area contributed by atoms with Gasteiger partial charge in [0.15, 0.2) is 0 Å². The number of aromatic hydroxyl groups is 1. The third kappa shape index (κ3) is 3.89. The van der Waals surface area contributed by atoms with Crippen molar-refractivity contribution in [2.75, 3.05) is 13.7 Å². The summed E-state index contributed by atoms with van der Waals surface area (Å²) in [6, 6.07) is 4.09. The summed E-state index contributed by atoms with van der Waals surface area (Å²) in [7, 11) is 1.67. The number of hydrogen-bond donors (Lipinski definition) is 2. The first-order chi connectivity index (χ1) is 8.60. The first-order valence-electron chi connectivity index (χ1n) is 5.92. The first-order valence-corrected chi connectivity index (χ1v) is 6.30. The Kier molecular flexibility index (Phi) is 5.95. The van der Waals surface area contributed by atoms with Crippen LogP contribution < -0.4 is 5.32 Å². The molecule has 0 fully saturated rings. The standard InChI is InChI=1S/C13H18ClNO3/c1-3-4-7-18-13(17)12(15-2)9-5-6-11(16)10(14)8-9/h5-6,8,12,15-16H,3-4,7H2,1-2H3. The van der Waals surface area contributed by atoms with Crippen molar-refractivity contribution in [1.29, 1.82) is 0 Å². The number of unbranched alkanes of at least 4 members (excludes halogenated alkanes) is 1. The fourth-order valence-electron chi connectivity index (χ4n) is 1.52. The molecule has 0 amide bonds. The molecule has 2 N–H and O–H groups in total. The SMILES string of the molecule is CCCCOC(=O)C(NC)c1ccc(O)c(Cl)c1. The average Bonchev–Trinajstić information content (AvgIpc) is 2.35. The lowest BCUT2D eigenvalue weighted by Gasteiger charge is -2.16. The lowest BCUT2D eigenvalue weighted by atomic mass is 10.1. The molecular weight excluding hydrogens is 254 g/mol. The maximum absolute atomic E-state index is 11.9. The Morgan fingerprint density at radius 1 is 1.56 bits per heavy atom. The lowest BCUT2D eigenvalue weighted by Crippen LogP contribution is -2.27. The summed E-state index contributed by atoms with van der Waals surface area (Å²) < 4.78 is 5.15. The third-order valence-electron chi connectivity index (χ3n) is 2.57. The molecule has 1 unspecified atom stereocenters. The Morgan fingerprint density at radius 3 is 2.83 bits per heavy atom. The van der Waals surface area contributed by atoms with Crippen LogP contribution in [0.5, 0.6) is 5.75 Å². The Hall–Kier alpha value is -1.26. The van der Waals surface area contributed by atoms with Crippen molar-refractivity contribution in [1.82, 2.24) is 5.32 Å². The van der Waals surface area contributed by atoms with Gasteiger partial charge in [0, 0.05) is 0 Å². The number of likely N-dealkylation sites (N-methyl/N-ethyl adjacent to an activating group) is 1. The fraction of sp³-hybridized carbons (Fsp3) is 0.462. The molecule has 0 aliphatic rings. The Balaban J connectivity index is 2.75. The van der Waals surface area contributed by atoms with Crippen molar-refractivity contribution in [3.8, 4) is 5.75 Å². The lowest BCUT2D eigenvalue weighted by molar-refractivity contribution is -0.146. The van der Waals surface area contributed by atoms with Crippen LogP contribution in [0.15, 0.2) is 18.2 Å². The molecule has 1 aromatic carbocycles. The molecule has 1 rings (SSSR count). The normalized spacial score (nSPS) is 12.2. The van der Waals surface area contributed by atoms with Gasteiger partial charge in [-0.25, -0.2) is 4.79 Å². The number of nitrogens with one attached hydrogen (secondary N) is 1. The molecule has 5 heteroatoms. The van der Waals surface area contributed by atoms with Crippen molar-refractivity contribution in [2.24, 2.45) is 0 Å². The summed E-state index contributed by atoms with van der Waals surface area (Å²) in [5, 5.41) is 12.4. The molecule has 0 aliphatic heterocycles. The van der Waals surface area contributed by atoms with Gasteiger partial charge in [-0.2, -0.15) is 0 Å². The van der Waals surface area contributed by atoms with Gasteiger partial charge < -0.3 is 15.2 Å². The molecule has 4 nitrogen and oxygen atoms in total. The molecule has 0 saturated carbocycles. The van der Waals surface area contributed by atoms with E-state index in [1.165, 1.54) is 6.07 Å². The topological polar surface area (TPSA) is 58.6 Å². The van der Waals surface area contributed by atoms with Gasteiger partial charge in [-0.3, -0.25) is 0 Å². The Labute approximate surface area is 112 Å². The highest BCUT2D eigenvalue weighted by Crippen LogP contribution is 2.27. The Morgan fingerprint density at radius 2 is 2.28 bits per heavy atom. The second-order valence-corrected chi connectivity index (χ2v) is 4.36. The number of carbonyl (C=O) groups excluding carboxylic acids is 1. The number of phenols is 1. The highest BCUT2D eigenvalue weighted by molar-refractivity contribution is 6.32. The molecule has 0 spiro atoms. The molecule has 0 saturated heterocycles. The molecule has 0 radical (unpaired) electrons. The van der Waals surface area contributed by atoms with Crippen LogP contribution in [0, 0.1) is 0 Å². The number of benzene rings is 1. The fourth-order valence-corrected chi connectivity index (χ4v) is 1.71. The minimum atomic E-state index is -0.569. The van der Waals surface area contributed by atoms with Crippen LogP contribution in [0.3, 0.4) is 0 Å². The number of halogens is 1.